The molecule has 0 saturated carbocycles. The van der Waals surface area contributed by atoms with Gasteiger partial charge in [0.25, 0.3) is 0 Å². The van der Waals surface area contributed by atoms with E-state index >= 15 is 0 Å². The molecule has 2 rings (SSSR count). The van der Waals surface area contributed by atoms with Crippen LogP contribution in [0.1, 0.15) is 19.8 Å². The van der Waals surface area contributed by atoms with Gasteiger partial charge in [0.1, 0.15) is 0 Å². The Morgan fingerprint density at radius 3 is 2.83 bits per heavy atom. The van der Waals surface area contributed by atoms with Crippen molar-refractivity contribution in [1.29, 1.82) is 0 Å². The van der Waals surface area contributed by atoms with Crippen molar-refractivity contribution in [3.63, 3.8) is 0 Å². The average Bonchev–Trinajstić information content (AvgIpc) is 2.51. The summed E-state index contributed by atoms with van der Waals surface area (Å²) in [5.74, 6) is 0. The molecule has 0 amide bonds. The normalized spacial score (nSPS) is 21.9. The first-order valence-electron chi connectivity index (χ1n) is 6.62. The quantitative estimate of drug-likeness (QED) is 0.837. The number of hydrogen-bond donors (Lipinski definition) is 1. The second kappa shape index (κ2) is 5.81. The van der Waals surface area contributed by atoms with Crippen LogP contribution in [0.3, 0.4) is 0 Å². The summed E-state index contributed by atoms with van der Waals surface area (Å²) in [6.07, 6.45) is 2.30. The number of hydrogen-bond acceptors (Lipinski definition) is 3. The van der Waals surface area contributed by atoms with Gasteiger partial charge < -0.3 is 15.5 Å². The van der Waals surface area contributed by atoms with Crippen LogP contribution in [-0.4, -0.2) is 37.6 Å². The number of benzene rings is 1. The minimum Gasteiger partial charge on any atom is -0.399 e. The van der Waals surface area contributed by atoms with Gasteiger partial charge in [-0.05, 0) is 44.6 Å². The van der Waals surface area contributed by atoms with Crippen LogP contribution in [0.4, 0.5) is 11.4 Å². The molecular formula is C14H22ClN3. The van der Waals surface area contributed by atoms with E-state index in [-0.39, 0.29) is 0 Å². The summed E-state index contributed by atoms with van der Waals surface area (Å²) in [5, 5.41) is 0.762. The molecule has 1 atom stereocenters. The van der Waals surface area contributed by atoms with Gasteiger partial charge in [-0.3, -0.25) is 0 Å². The first-order chi connectivity index (χ1) is 8.61. The molecule has 1 heterocycles. The number of nitrogens with two attached hydrogens (primary N) is 1. The molecule has 1 aromatic rings. The lowest BCUT2D eigenvalue weighted by Crippen LogP contribution is -2.40. The maximum absolute atomic E-state index is 6.34. The van der Waals surface area contributed by atoms with Gasteiger partial charge in [-0.2, -0.15) is 0 Å². The largest absolute Gasteiger partial charge is 0.399 e. The van der Waals surface area contributed by atoms with Crippen molar-refractivity contribution in [2.24, 2.45) is 0 Å². The van der Waals surface area contributed by atoms with E-state index < -0.39 is 0 Å². The number of likely N-dealkylation sites (N-methyl/N-ethyl adjacent to an activating group) is 1. The summed E-state index contributed by atoms with van der Waals surface area (Å²) in [6, 6.07) is 6.35. The molecule has 1 saturated heterocycles. The fraction of sp³-hybridized carbons (Fsp3) is 0.571. The SMILES string of the molecule is CCC1CN(C)CCCN1c1ccc(N)cc1Cl. The highest BCUT2D eigenvalue weighted by molar-refractivity contribution is 6.33. The third-order valence-electron chi connectivity index (χ3n) is 3.65. The predicted molar refractivity (Wildman–Crippen MR) is 79.4 cm³/mol. The third-order valence-corrected chi connectivity index (χ3v) is 3.96. The first-order valence-corrected chi connectivity index (χ1v) is 6.99. The van der Waals surface area contributed by atoms with Crippen LogP contribution in [-0.2, 0) is 0 Å². The van der Waals surface area contributed by atoms with E-state index in [1.165, 1.54) is 6.42 Å². The van der Waals surface area contributed by atoms with Gasteiger partial charge in [0.2, 0.25) is 0 Å². The van der Waals surface area contributed by atoms with E-state index in [0.29, 0.717) is 6.04 Å². The summed E-state index contributed by atoms with van der Waals surface area (Å²) >= 11 is 6.34. The van der Waals surface area contributed by atoms with Gasteiger partial charge in [-0.1, -0.05) is 18.5 Å². The lowest BCUT2D eigenvalue weighted by Gasteiger charge is -2.33. The van der Waals surface area contributed by atoms with Gasteiger partial charge in [0.05, 0.1) is 10.7 Å². The molecule has 3 nitrogen and oxygen atoms in total. The zero-order valence-electron chi connectivity index (χ0n) is 11.2. The van der Waals surface area contributed by atoms with E-state index in [1.54, 1.807) is 0 Å². The molecule has 0 radical (unpaired) electrons. The van der Waals surface area contributed by atoms with E-state index in [2.05, 4.69) is 23.8 Å². The number of rotatable bonds is 2. The Labute approximate surface area is 115 Å². The topological polar surface area (TPSA) is 32.5 Å². The van der Waals surface area contributed by atoms with E-state index in [1.807, 2.05) is 18.2 Å². The molecule has 0 aliphatic carbocycles. The van der Waals surface area contributed by atoms with E-state index in [4.69, 9.17) is 17.3 Å². The second-order valence-electron chi connectivity index (χ2n) is 5.08. The summed E-state index contributed by atoms with van der Waals surface area (Å²) in [6.45, 7) is 5.55. The smallest absolute Gasteiger partial charge is 0.0660 e. The molecule has 1 unspecified atom stereocenters. The van der Waals surface area contributed by atoms with Crippen molar-refractivity contribution in [3.05, 3.63) is 23.2 Å². The van der Waals surface area contributed by atoms with Gasteiger partial charge in [-0.25, -0.2) is 0 Å². The number of nitrogens with zero attached hydrogens (tertiary/aromatic N) is 2. The summed E-state index contributed by atoms with van der Waals surface area (Å²) in [4.78, 5) is 4.84. The van der Waals surface area contributed by atoms with Crippen molar-refractivity contribution >= 4 is 23.0 Å². The summed E-state index contributed by atoms with van der Waals surface area (Å²) < 4.78 is 0. The average molecular weight is 268 g/mol. The van der Waals surface area contributed by atoms with Crippen molar-refractivity contribution < 1.29 is 0 Å². The van der Waals surface area contributed by atoms with Gasteiger partial charge in [-0.15, -0.1) is 0 Å². The Bertz CT molecular complexity index is 408. The van der Waals surface area contributed by atoms with Crippen molar-refractivity contribution in [1.82, 2.24) is 4.90 Å². The fourth-order valence-corrected chi connectivity index (χ4v) is 2.96. The van der Waals surface area contributed by atoms with Gasteiger partial charge in [0.15, 0.2) is 0 Å². The Hall–Kier alpha value is -0.930. The first kappa shape index (κ1) is 13.5. The molecule has 1 aliphatic rings. The molecule has 0 bridgehead atoms. The highest BCUT2D eigenvalue weighted by Crippen LogP contribution is 2.31. The zero-order chi connectivity index (χ0) is 13.1. The van der Waals surface area contributed by atoms with Crippen LogP contribution in [0.5, 0.6) is 0 Å². The van der Waals surface area contributed by atoms with Crippen LogP contribution >= 0.6 is 11.6 Å². The summed E-state index contributed by atoms with van der Waals surface area (Å²) in [5.41, 5.74) is 7.61. The monoisotopic (exact) mass is 267 g/mol. The molecule has 0 spiro atoms. The zero-order valence-corrected chi connectivity index (χ0v) is 12.0. The third kappa shape index (κ3) is 2.90. The van der Waals surface area contributed by atoms with Crippen LogP contribution in [0.15, 0.2) is 18.2 Å². The Kier molecular flexibility index (Phi) is 4.36. The minimum atomic E-state index is 0.527. The van der Waals surface area contributed by atoms with Crippen molar-refractivity contribution in [2.75, 3.05) is 37.3 Å². The number of nitrogen functional groups attached to an aromatic ring is 1. The Morgan fingerprint density at radius 1 is 1.39 bits per heavy atom. The summed E-state index contributed by atoms with van der Waals surface area (Å²) in [7, 11) is 2.19. The van der Waals surface area contributed by atoms with Crippen molar-refractivity contribution in [2.45, 2.75) is 25.8 Å². The molecular weight excluding hydrogens is 246 g/mol. The molecule has 1 fully saturated rings. The fourth-order valence-electron chi connectivity index (χ4n) is 2.67. The maximum atomic E-state index is 6.34. The van der Waals surface area contributed by atoms with E-state index in [9.17, 15) is 0 Å². The Balaban J connectivity index is 2.28. The standard InChI is InChI=1S/C14H22ClN3/c1-3-12-10-17(2)7-4-8-18(12)14-6-5-11(16)9-13(14)15/h5-6,9,12H,3-4,7-8,10,16H2,1-2H3. The van der Waals surface area contributed by atoms with E-state index in [0.717, 1.165) is 42.5 Å². The predicted octanol–water partition coefficient (Wildman–Crippen LogP) is 2.84. The number of anilines is 2. The van der Waals surface area contributed by atoms with Crippen LogP contribution in [0, 0.1) is 0 Å². The molecule has 4 heteroatoms. The highest BCUT2D eigenvalue weighted by atomic mass is 35.5. The minimum absolute atomic E-state index is 0.527. The molecule has 100 valence electrons. The van der Waals surface area contributed by atoms with Crippen molar-refractivity contribution in [3.8, 4) is 0 Å². The van der Waals surface area contributed by atoms with Crippen LogP contribution in [0.25, 0.3) is 0 Å². The molecule has 0 aromatic heterocycles. The second-order valence-corrected chi connectivity index (χ2v) is 5.49. The lowest BCUT2D eigenvalue weighted by molar-refractivity contribution is 0.328. The lowest BCUT2D eigenvalue weighted by atomic mass is 10.1. The Morgan fingerprint density at radius 2 is 2.17 bits per heavy atom. The highest BCUT2D eigenvalue weighted by Gasteiger charge is 2.23. The van der Waals surface area contributed by atoms with Gasteiger partial charge >= 0.3 is 0 Å². The maximum Gasteiger partial charge on any atom is 0.0660 e. The molecule has 1 aliphatic heterocycles. The van der Waals surface area contributed by atoms with Crippen LogP contribution < -0.4 is 10.6 Å². The molecule has 18 heavy (non-hydrogen) atoms. The molecule has 2 N–H and O–H groups in total. The van der Waals surface area contributed by atoms with Crippen LogP contribution in [0.2, 0.25) is 5.02 Å². The molecule has 1 aromatic carbocycles. The van der Waals surface area contributed by atoms with Gasteiger partial charge in [0, 0.05) is 24.8 Å². The number of halogens is 1.